The summed E-state index contributed by atoms with van der Waals surface area (Å²) in [6, 6.07) is 8.09. The number of morpholine rings is 1. The topological polar surface area (TPSA) is 27.7 Å². The molecule has 0 bridgehead atoms. The molecule has 0 spiro atoms. The first-order valence-corrected chi connectivity index (χ1v) is 12.0. The Labute approximate surface area is 187 Å². The maximum atomic E-state index is 6.04. The lowest BCUT2D eigenvalue weighted by molar-refractivity contribution is 0.0367. The van der Waals surface area contributed by atoms with Crippen LogP contribution in [0.4, 0.5) is 0 Å². The van der Waals surface area contributed by atoms with Gasteiger partial charge in [0.15, 0.2) is 5.11 Å². The van der Waals surface area contributed by atoms with Crippen LogP contribution in [0.2, 0.25) is 5.02 Å². The van der Waals surface area contributed by atoms with Crippen LogP contribution in [0.25, 0.3) is 0 Å². The van der Waals surface area contributed by atoms with E-state index in [2.05, 4.69) is 34.2 Å². The second-order valence-corrected chi connectivity index (χ2v) is 8.68. The van der Waals surface area contributed by atoms with E-state index in [0.717, 1.165) is 69.0 Å². The van der Waals surface area contributed by atoms with Gasteiger partial charge in [-0.2, -0.15) is 0 Å². The third kappa shape index (κ3) is 10.6. The van der Waals surface area contributed by atoms with Gasteiger partial charge in [0.05, 0.1) is 13.2 Å². The highest BCUT2D eigenvalue weighted by Crippen LogP contribution is 2.12. The molecule has 0 radical (unpaired) electrons. The Bertz CT molecular complexity index is 564. The van der Waals surface area contributed by atoms with Crippen LogP contribution in [0.5, 0.6) is 0 Å². The number of nitrogens with zero attached hydrogens (tertiary/aromatic N) is 2. The summed E-state index contributed by atoms with van der Waals surface area (Å²) in [6.45, 7) is 9.89. The highest BCUT2D eigenvalue weighted by molar-refractivity contribution is 7.80. The molecule has 1 aliphatic rings. The minimum Gasteiger partial charge on any atom is -0.379 e. The summed E-state index contributed by atoms with van der Waals surface area (Å²) in [6.07, 6.45) is 8.90. The molecule has 4 nitrogen and oxygen atoms in total. The summed E-state index contributed by atoms with van der Waals surface area (Å²) >= 11 is 11.8. The number of thiocarbonyl (C=S) groups is 1. The van der Waals surface area contributed by atoms with Gasteiger partial charge in [0.2, 0.25) is 0 Å². The third-order valence-electron chi connectivity index (χ3n) is 5.39. The fourth-order valence-electron chi connectivity index (χ4n) is 3.59. The maximum absolute atomic E-state index is 6.04. The Balaban J connectivity index is 1.77. The van der Waals surface area contributed by atoms with Crippen molar-refractivity contribution in [1.82, 2.24) is 15.1 Å². The molecule has 2 rings (SSSR count). The Morgan fingerprint density at radius 1 is 1.07 bits per heavy atom. The first-order valence-electron chi connectivity index (χ1n) is 11.3. The molecule has 6 heteroatoms. The van der Waals surface area contributed by atoms with E-state index < -0.39 is 0 Å². The summed E-state index contributed by atoms with van der Waals surface area (Å²) in [5.41, 5.74) is 1.24. The highest BCUT2D eigenvalue weighted by atomic mass is 35.5. The second-order valence-electron chi connectivity index (χ2n) is 7.86. The number of rotatable bonds is 13. The molecule has 0 unspecified atom stereocenters. The van der Waals surface area contributed by atoms with Crippen LogP contribution < -0.4 is 5.32 Å². The molecular formula is C23H38ClN3OS. The van der Waals surface area contributed by atoms with Gasteiger partial charge < -0.3 is 15.0 Å². The highest BCUT2D eigenvalue weighted by Gasteiger charge is 2.13. The molecular weight excluding hydrogens is 402 g/mol. The molecule has 1 N–H and O–H groups in total. The molecule has 1 fully saturated rings. The Morgan fingerprint density at radius 2 is 1.76 bits per heavy atom. The maximum Gasteiger partial charge on any atom is 0.169 e. The van der Waals surface area contributed by atoms with Gasteiger partial charge in [-0.15, -0.1) is 0 Å². The van der Waals surface area contributed by atoms with Gasteiger partial charge in [-0.05, 0) is 42.8 Å². The van der Waals surface area contributed by atoms with Gasteiger partial charge in [-0.25, -0.2) is 0 Å². The van der Waals surface area contributed by atoms with Crippen molar-refractivity contribution in [2.24, 2.45) is 0 Å². The van der Waals surface area contributed by atoms with E-state index in [-0.39, 0.29) is 0 Å². The lowest BCUT2D eigenvalue weighted by Gasteiger charge is -2.29. The van der Waals surface area contributed by atoms with Crippen LogP contribution in [0.1, 0.15) is 57.4 Å². The molecule has 1 heterocycles. The predicted molar refractivity (Wildman–Crippen MR) is 128 cm³/mol. The molecule has 1 aromatic carbocycles. The van der Waals surface area contributed by atoms with Crippen molar-refractivity contribution < 1.29 is 4.74 Å². The molecule has 29 heavy (non-hydrogen) atoms. The van der Waals surface area contributed by atoms with Crippen LogP contribution >= 0.6 is 23.8 Å². The Kier molecular flexibility index (Phi) is 12.6. The second kappa shape index (κ2) is 15.0. The average Bonchev–Trinajstić information content (AvgIpc) is 2.74. The number of benzene rings is 1. The van der Waals surface area contributed by atoms with E-state index >= 15 is 0 Å². The Morgan fingerprint density at radius 3 is 2.48 bits per heavy atom. The van der Waals surface area contributed by atoms with E-state index in [9.17, 15) is 0 Å². The minimum absolute atomic E-state index is 0.774. The van der Waals surface area contributed by atoms with E-state index in [1.54, 1.807) is 0 Å². The number of halogens is 1. The quantitative estimate of drug-likeness (QED) is 0.341. The zero-order chi connectivity index (χ0) is 20.7. The molecule has 0 aromatic heterocycles. The first kappa shape index (κ1) is 24.4. The zero-order valence-electron chi connectivity index (χ0n) is 18.0. The van der Waals surface area contributed by atoms with E-state index in [1.165, 1.54) is 44.1 Å². The van der Waals surface area contributed by atoms with E-state index in [0.29, 0.717) is 0 Å². The van der Waals surface area contributed by atoms with Gasteiger partial charge in [-0.3, -0.25) is 4.90 Å². The fourth-order valence-corrected chi connectivity index (χ4v) is 3.97. The first-order chi connectivity index (χ1) is 14.2. The standard InChI is InChI=1S/C23H38ClN3OS/c1-2-3-4-5-6-7-13-25-23(29)27(20-21-9-11-22(24)12-10-21)15-8-14-26-16-18-28-19-17-26/h9-12H,2-8,13-20H2,1H3,(H,25,29). The SMILES string of the molecule is CCCCCCCCNC(=S)N(CCCN1CCOCC1)Cc1ccc(Cl)cc1. The minimum atomic E-state index is 0.774. The summed E-state index contributed by atoms with van der Waals surface area (Å²) < 4.78 is 5.45. The number of unbranched alkanes of at least 4 members (excludes halogenated alkanes) is 5. The molecule has 0 amide bonds. The van der Waals surface area contributed by atoms with Crippen molar-refractivity contribution in [3.05, 3.63) is 34.9 Å². The third-order valence-corrected chi connectivity index (χ3v) is 6.04. The van der Waals surface area contributed by atoms with Gasteiger partial charge in [0, 0.05) is 44.3 Å². The van der Waals surface area contributed by atoms with Crippen molar-refractivity contribution in [2.45, 2.75) is 58.4 Å². The average molecular weight is 440 g/mol. The summed E-state index contributed by atoms with van der Waals surface area (Å²) in [5.74, 6) is 0. The zero-order valence-corrected chi connectivity index (χ0v) is 19.6. The molecule has 1 saturated heterocycles. The largest absolute Gasteiger partial charge is 0.379 e. The van der Waals surface area contributed by atoms with Crippen LogP contribution in [0.3, 0.4) is 0 Å². The molecule has 0 aliphatic carbocycles. The molecule has 0 saturated carbocycles. The predicted octanol–water partition coefficient (Wildman–Crippen LogP) is 5.10. The van der Waals surface area contributed by atoms with Crippen LogP contribution in [-0.4, -0.2) is 60.8 Å². The number of hydrogen-bond acceptors (Lipinski definition) is 3. The van der Waals surface area contributed by atoms with Crippen LogP contribution in [0, 0.1) is 0 Å². The van der Waals surface area contributed by atoms with Crippen molar-refractivity contribution in [1.29, 1.82) is 0 Å². The van der Waals surface area contributed by atoms with Crippen LogP contribution in [-0.2, 0) is 11.3 Å². The van der Waals surface area contributed by atoms with Gasteiger partial charge in [0.1, 0.15) is 0 Å². The van der Waals surface area contributed by atoms with Crippen molar-refractivity contribution in [3.63, 3.8) is 0 Å². The van der Waals surface area contributed by atoms with Gasteiger partial charge in [0.25, 0.3) is 0 Å². The van der Waals surface area contributed by atoms with Gasteiger partial charge in [-0.1, -0.05) is 62.8 Å². The summed E-state index contributed by atoms with van der Waals surface area (Å²) in [4.78, 5) is 4.78. The van der Waals surface area contributed by atoms with E-state index in [1.807, 2.05) is 12.1 Å². The number of nitrogens with one attached hydrogen (secondary N) is 1. The number of ether oxygens (including phenoxy) is 1. The van der Waals surface area contributed by atoms with Crippen molar-refractivity contribution >= 4 is 28.9 Å². The van der Waals surface area contributed by atoms with Crippen molar-refractivity contribution in [3.8, 4) is 0 Å². The molecule has 1 aliphatic heterocycles. The summed E-state index contributed by atoms with van der Waals surface area (Å²) in [7, 11) is 0. The monoisotopic (exact) mass is 439 g/mol. The molecule has 1 aromatic rings. The fraction of sp³-hybridized carbons (Fsp3) is 0.696. The van der Waals surface area contributed by atoms with Gasteiger partial charge >= 0.3 is 0 Å². The Hall–Kier alpha value is -0.880. The summed E-state index contributed by atoms with van der Waals surface area (Å²) in [5, 5.41) is 5.14. The molecule has 164 valence electrons. The smallest absolute Gasteiger partial charge is 0.169 e. The van der Waals surface area contributed by atoms with Crippen molar-refractivity contribution in [2.75, 3.05) is 45.9 Å². The number of hydrogen-bond donors (Lipinski definition) is 1. The normalized spacial score (nSPS) is 14.7. The lowest BCUT2D eigenvalue weighted by Crippen LogP contribution is -2.42. The lowest BCUT2D eigenvalue weighted by atomic mass is 10.1. The van der Waals surface area contributed by atoms with Crippen LogP contribution in [0.15, 0.2) is 24.3 Å². The van der Waals surface area contributed by atoms with E-state index in [4.69, 9.17) is 28.6 Å². The molecule has 0 atom stereocenters.